The van der Waals surface area contributed by atoms with Gasteiger partial charge in [-0.1, -0.05) is 13.8 Å². The van der Waals surface area contributed by atoms with Gasteiger partial charge >= 0.3 is 0 Å². The Balaban J connectivity index is 1.92. The zero-order valence-electron chi connectivity index (χ0n) is 13.2. The summed E-state index contributed by atoms with van der Waals surface area (Å²) in [6, 6.07) is 5.12. The summed E-state index contributed by atoms with van der Waals surface area (Å²) in [4.78, 5) is 7.34. The second kappa shape index (κ2) is 6.05. The van der Waals surface area contributed by atoms with Crippen LogP contribution in [-0.2, 0) is 12.8 Å². The lowest BCUT2D eigenvalue weighted by Gasteiger charge is -2.27. The number of rotatable bonds is 5. The SMILES string of the molecule is CC(C)CCN(c1nc2c(cc1C#N)CCCC2)C1CC1. The molecule has 112 valence electrons. The average molecular weight is 283 g/mol. The van der Waals surface area contributed by atoms with Gasteiger partial charge in [-0.3, -0.25) is 0 Å². The van der Waals surface area contributed by atoms with E-state index in [0.29, 0.717) is 12.0 Å². The van der Waals surface area contributed by atoms with Gasteiger partial charge in [-0.05, 0) is 62.5 Å². The topological polar surface area (TPSA) is 39.9 Å². The molecule has 3 nitrogen and oxygen atoms in total. The van der Waals surface area contributed by atoms with Crippen LogP contribution >= 0.6 is 0 Å². The number of nitriles is 1. The summed E-state index contributed by atoms with van der Waals surface area (Å²) in [5.74, 6) is 1.65. The van der Waals surface area contributed by atoms with E-state index in [2.05, 4.69) is 30.9 Å². The summed E-state index contributed by atoms with van der Waals surface area (Å²) in [6.07, 6.45) is 8.31. The van der Waals surface area contributed by atoms with Crippen molar-refractivity contribution in [3.63, 3.8) is 0 Å². The van der Waals surface area contributed by atoms with Crippen molar-refractivity contribution in [3.05, 3.63) is 22.9 Å². The van der Waals surface area contributed by atoms with Crippen LogP contribution < -0.4 is 4.90 Å². The maximum atomic E-state index is 9.53. The zero-order valence-corrected chi connectivity index (χ0v) is 13.2. The fraction of sp³-hybridized carbons (Fsp3) is 0.667. The van der Waals surface area contributed by atoms with Crippen LogP contribution in [0, 0.1) is 17.2 Å². The van der Waals surface area contributed by atoms with Gasteiger partial charge in [0.15, 0.2) is 0 Å². The van der Waals surface area contributed by atoms with E-state index in [1.54, 1.807) is 0 Å². The van der Waals surface area contributed by atoms with Gasteiger partial charge in [0, 0.05) is 18.3 Å². The molecule has 0 saturated heterocycles. The molecule has 3 rings (SSSR count). The molecule has 0 aliphatic heterocycles. The number of hydrogen-bond donors (Lipinski definition) is 0. The molecule has 1 saturated carbocycles. The van der Waals surface area contributed by atoms with Crippen LogP contribution in [0.5, 0.6) is 0 Å². The molecule has 21 heavy (non-hydrogen) atoms. The van der Waals surface area contributed by atoms with Crippen molar-refractivity contribution < 1.29 is 0 Å². The maximum absolute atomic E-state index is 9.53. The summed E-state index contributed by atoms with van der Waals surface area (Å²) in [6.45, 7) is 5.55. The highest BCUT2D eigenvalue weighted by atomic mass is 15.2. The van der Waals surface area contributed by atoms with Crippen molar-refractivity contribution in [2.24, 2.45) is 5.92 Å². The van der Waals surface area contributed by atoms with Crippen LogP contribution in [0.2, 0.25) is 0 Å². The summed E-state index contributed by atoms with van der Waals surface area (Å²) in [7, 11) is 0. The Hall–Kier alpha value is -1.56. The number of hydrogen-bond acceptors (Lipinski definition) is 3. The molecule has 2 aliphatic rings. The maximum Gasteiger partial charge on any atom is 0.147 e. The van der Waals surface area contributed by atoms with Gasteiger partial charge in [-0.15, -0.1) is 0 Å². The molecule has 0 bridgehead atoms. The van der Waals surface area contributed by atoms with Crippen LogP contribution in [-0.4, -0.2) is 17.6 Å². The van der Waals surface area contributed by atoms with Crippen molar-refractivity contribution in [3.8, 4) is 6.07 Å². The lowest BCUT2D eigenvalue weighted by Crippen LogP contribution is -2.30. The Morgan fingerprint density at radius 3 is 2.76 bits per heavy atom. The molecular weight excluding hydrogens is 258 g/mol. The summed E-state index contributed by atoms with van der Waals surface area (Å²) in [5.41, 5.74) is 3.33. The normalized spacial score (nSPS) is 17.4. The van der Waals surface area contributed by atoms with Crippen molar-refractivity contribution in [2.75, 3.05) is 11.4 Å². The Morgan fingerprint density at radius 2 is 2.10 bits per heavy atom. The molecule has 1 heterocycles. The van der Waals surface area contributed by atoms with Crippen molar-refractivity contribution >= 4 is 5.82 Å². The highest BCUT2D eigenvalue weighted by Crippen LogP contribution is 2.34. The first-order chi connectivity index (χ1) is 10.2. The molecule has 0 atom stereocenters. The lowest BCUT2D eigenvalue weighted by atomic mass is 9.94. The van der Waals surface area contributed by atoms with Crippen LogP contribution in [0.25, 0.3) is 0 Å². The Labute approximate surface area is 128 Å². The van der Waals surface area contributed by atoms with E-state index in [4.69, 9.17) is 4.98 Å². The van der Waals surface area contributed by atoms with Crippen LogP contribution in [0.3, 0.4) is 0 Å². The summed E-state index contributed by atoms with van der Waals surface area (Å²) < 4.78 is 0. The lowest BCUT2D eigenvalue weighted by molar-refractivity contribution is 0.567. The molecular formula is C18H25N3. The first kappa shape index (κ1) is 14.4. The minimum absolute atomic E-state index is 0.616. The number of aromatic nitrogens is 1. The standard InChI is InChI=1S/C18H25N3/c1-13(2)9-10-21(16-7-8-16)18-15(12-19)11-14-5-3-4-6-17(14)20-18/h11,13,16H,3-10H2,1-2H3. The summed E-state index contributed by atoms with van der Waals surface area (Å²) >= 11 is 0. The molecule has 1 fully saturated rings. The van der Waals surface area contributed by atoms with E-state index in [1.807, 2.05) is 0 Å². The number of anilines is 1. The second-order valence-corrected chi connectivity index (χ2v) is 6.89. The molecule has 2 aliphatic carbocycles. The zero-order chi connectivity index (χ0) is 14.8. The van der Waals surface area contributed by atoms with Gasteiger partial charge in [0.2, 0.25) is 0 Å². The second-order valence-electron chi connectivity index (χ2n) is 6.89. The van der Waals surface area contributed by atoms with E-state index < -0.39 is 0 Å². The van der Waals surface area contributed by atoms with Crippen LogP contribution in [0.4, 0.5) is 5.82 Å². The third-order valence-corrected chi connectivity index (χ3v) is 4.61. The molecule has 0 unspecified atom stereocenters. The first-order valence-corrected chi connectivity index (χ1v) is 8.38. The quantitative estimate of drug-likeness (QED) is 0.824. The Morgan fingerprint density at radius 1 is 1.33 bits per heavy atom. The molecule has 0 amide bonds. The molecule has 0 N–H and O–H groups in total. The van der Waals surface area contributed by atoms with E-state index >= 15 is 0 Å². The van der Waals surface area contributed by atoms with Crippen LogP contribution in [0.15, 0.2) is 6.07 Å². The van der Waals surface area contributed by atoms with Gasteiger partial charge in [-0.25, -0.2) is 4.98 Å². The van der Waals surface area contributed by atoms with Crippen molar-refractivity contribution in [1.82, 2.24) is 4.98 Å². The van der Waals surface area contributed by atoms with Crippen molar-refractivity contribution in [1.29, 1.82) is 5.26 Å². The molecule has 0 aromatic carbocycles. The minimum Gasteiger partial charge on any atom is -0.353 e. The Bertz CT molecular complexity index is 552. The van der Waals surface area contributed by atoms with E-state index in [9.17, 15) is 5.26 Å². The fourth-order valence-electron chi connectivity index (χ4n) is 3.17. The van der Waals surface area contributed by atoms with Gasteiger partial charge in [0.1, 0.15) is 11.9 Å². The molecule has 3 heteroatoms. The van der Waals surface area contributed by atoms with E-state index in [-0.39, 0.29) is 0 Å². The third kappa shape index (κ3) is 3.20. The number of nitrogens with zero attached hydrogens (tertiary/aromatic N) is 3. The molecule has 0 spiro atoms. The predicted octanol–water partition coefficient (Wildman–Crippen LogP) is 3.85. The van der Waals surface area contributed by atoms with Crippen LogP contribution in [0.1, 0.15) is 62.8 Å². The van der Waals surface area contributed by atoms with Gasteiger partial charge < -0.3 is 4.90 Å². The monoisotopic (exact) mass is 283 g/mol. The number of aryl methyl sites for hydroxylation is 2. The predicted molar refractivity (Wildman–Crippen MR) is 85.4 cm³/mol. The van der Waals surface area contributed by atoms with E-state index in [0.717, 1.165) is 30.8 Å². The number of pyridine rings is 1. The fourth-order valence-corrected chi connectivity index (χ4v) is 3.17. The number of fused-ring (bicyclic) bond motifs is 1. The smallest absolute Gasteiger partial charge is 0.147 e. The summed E-state index contributed by atoms with van der Waals surface area (Å²) in [5, 5.41) is 9.53. The highest BCUT2D eigenvalue weighted by Gasteiger charge is 2.32. The Kier molecular flexibility index (Phi) is 4.14. The first-order valence-electron chi connectivity index (χ1n) is 8.38. The largest absolute Gasteiger partial charge is 0.353 e. The molecule has 0 radical (unpaired) electrons. The molecule has 1 aromatic rings. The molecule has 1 aromatic heterocycles. The minimum atomic E-state index is 0.616. The highest BCUT2D eigenvalue weighted by molar-refractivity contribution is 5.57. The van der Waals surface area contributed by atoms with Gasteiger partial charge in [0.25, 0.3) is 0 Å². The van der Waals surface area contributed by atoms with Gasteiger partial charge in [0.05, 0.1) is 5.56 Å². The average Bonchev–Trinajstić information content (AvgIpc) is 3.31. The third-order valence-electron chi connectivity index (χ3n) is 4.61. The van der Waals surface area contributed by atoms with Gasteiger partial charge in [-0.2, -0.15) is 5.26 Å². The van der Waals surface area contributed by atoms with Crippen molar-refractivity contribution in [2.45, 2.75) is 64.8 Å². The van der Waals surface area contributed by atoms with E-state index in [1.165, 1.54) is 43.4 Å².